The molecule has 2 heterocycles. The van der Waals surface area contributed by atoms with Crippen molar-refractivity contribution in [3.63, 3.8) is 0 Å². The lowest BCUT2D eigenvalue weighted by Gasteiger charge is -2.02. The van der Waals surface area contributed by atoms with Crippen LogP contribution in [-0.2, 0) is 16.7 Å². The maximum atomic E-state index is 10.5. The highest BCUT2D eigenvalue weighted by atomic mass is 35.5. The van der Waals surface area contributed by atoms with Crippen molar-refractivity contribution in [1.29, 1.82) is 0 Å². The first kappa shape index (κ1) is 13.8. The molecule has 2 rings (SSSR count). The van der Waals surface area contributed by atoms with E-state index in [0.29, 0.717) is 16.4 Å². The van der Waals surface area contributed by atoms with Crippen molar-refractivity contribution in [3.05, 3.63) is 35.9 Å². The molecule has 100 valence electrons. The van der Waals surface area contributed by atoms with Crippen LogP contribution in [0.15, 0.2) is 30.9 Å². The van der Waals surface area contributed by atoms with Crippen LogP contribution >= 0.6 is 11.6 Å². The summed E-state index contributed by atoms with van der Waals surface area (Å²) in [7, 11) is -4.24. The highest BCUT2D eigenvalue weighted by molar-refractivity contribution is 7.85. The number of halogens is 1. The van der Waals surface area contributed by atoms with E-state index in [9.17, 15) is 13.0 Å². The second-order valence-electron chi connectivity index (χ2n) is 3.67. The van der Waals surface area contributed by atoms with Crippen LogP contribution in [-0.4, -0.2) is 33.8 Å². The van der Waals surface area contributed by atoms with Gasteiger partial charge >= 0.3 is 0 Å². The Balaban J connectivity index is 2.12. The molecular formula is C10H9ClN4O3S. The molecule has 0 spiro atoms. The molecule has 0 atom stereocenters. The van der Waals surface area contributed by atoms with Crippen molar-refractivity contribution in [1.82, 2.24) is 15.1 Å². The Kier molecular flexibility index (Phi) is 4.03. The maximum Gasteiger partial charge on any atom is 0.197 e. The van der Waals surface area contributed by atoms with Gasteiger partial charge < -0.3 is 4.55 Å². The van der Waals surface area contributed by atoms with Gasteiger partial charge in [0.1, 0.15) is 16.3 Å². The van der Waals surface area contributed by atoms with Crippen molar-refractivity contribution >= 4 is 21.7 Å². The summed E-state index contributed by atoms with van der Waals surface area (Å²) in [5, 5.41) is 4.41. The molecule has 0 saturated carbocycles. The first-order valence-electron chi connectivity index (χ1n) is 5.21. The van der Waals surface area contributed by atoms with Gasteiger partial charge in [0, 0.05) is 24.0 Å². The molecule has 0 aromatic carbocycles. The number of aryl methyl sites for hydroxylation is 1. The molecule has 0 radical (unpaired) electrons. The second kappa shape index (κ2) is 5.55. The van der Waals surface area contributed by atoms with E-state index in [1.54, 1.807) is 12.3 Å². The minimum Gasteiger partial charge on any atom is -0.748 e. The third-order valence-corrected chi connectivity index (χ3v) is 3.10. The summed E-state index contributed by atoms with van der Waals surface area (Å²) in [6.45, 7) is 0.00753. The standard InChI is InChI=1S/C10H9ClN4O3S/c11-9-6-12-10(13-7-9)8-1-2-15(14-5-8)3-4-19(16,17)18/h1-2,5-7H,3-4H2. The fourth-order valence-electron chi connectivity index (χ4n) is 1.32. The van der Waals surface area contributed by atoms with Gasteiger partial charge in [-0.1, -0.05) is 16.3 Å². The zero-order chi connectivity index (χ0) is 13.9. The van der Waals surface area contributed by atoms with Crippen molar-refractivity contribution < 1.29 is 17.7 Å². The minimum absolute atomic E-state index is 0.00753. The molecule has 0 saturated heterocycles. The fraction of sp³-hybridized carbons (Fsp3) is 0.200. The van der Waals surface area contributed by atoms with Gasteiger partial charge in [-0.2, -0.15) is 0 Å². The topological polar surface area (TPSA) is 99.8 Å². The lowest BCUT2D eigenvalue weighted by Crippen LogP contribution is -2.40. The quantitative estimate of drug-likeness (QED) is 0.583. The molecule has 0 fully saturated rings. The smallest absolute Gasteiger partial charge is 0.197 e. The molecule has 0 aliphatic rings. The Bertz CT molecular complexity index is 658. The first-order valence-corrected chi connectivity index (χ1v) is 7.17. The predicted molar refractivity (Wildman–Crippen MR) is 65.0 cm³/mol. The summed E-state index contributed by atoms with van der Waals surface area (Å²) in [6.07, 6.45) is 5.98. The van der Waals surface area contributed by atoms with Gasteiger partial charge in [-0.15, -0.1) is 0 Å². The molecule has 0 amide bonds. The lowest BCUT2D eigenvalue weighted by molar-refractivity contribution is -0.750. The predicted octanol–water partition coefficient (Wildman–Crippen LogP) is 0.0247. The van der Waals surface area contributed by atoms with Crippen LogP contribution in [0.5, 0.6) is 0 Å². The van der Waals surface area contributed by atoms with E-state index in [4.69, 9.17) is 11.6 Å². The Labute approximate surface area is 114 Å². The van der Waals surface area contributed by atoms with Crippen LogP contribution in [0.3, 0.4) is 0 Å². The molecular weight excluding hydrogens is 292 g/mol. The summed E-state index contributed by atoms with van der Waals surface area (Å²) in [6, 6.07) is 1.67. The maximum absolute atomic E-state index is 10.5. The average Bonchev–Trinajstić information content (AvgIpc) is 2.37. The summed E-state index contributed by atoms with van der Waals surface area (Å²) < 4.78 is 32.8. The largest absolute Gasteiger partial charge is 0.748 e. The van der Waals surface area contributed by atoms with Crippen molar-refractivity contribution in [2.24, 2.45) is 0 Å². The van der Waals surface area contributed by atoms with Crippen LogP contribution in [0.4, 0.5) is 0 Å². The molecule has 0 N–H and O–H groups in total. The van der Waals surface area contributed by atoms with Crippen LogP contribution in [0.25, 0.3) is 11.4 Å². The molecule has 7 nitrogen and oxygen atoms in total. The van der Waals surface area contributed by atoms with Gasteiger partial charge in [0.2, 0.25) is 0 Å². The molecule has 0 aliphatic carbocycles. The Morgan fingerprint density at radius 3 is 2.47 bits per heavy atom. The van der Waals surface area contributed by atoms with Crippen LogP contribution in [0.2, 0.25) is 5.02 Å². The highest BCUT2D eigenvalue weighted by Gasteiger charge is 2.08. The third kappa shape index (κ3) is 4.19. The van der Waals surface area contributed by atoms with E-state index >= 15 is 0 Å². The fourth-order valence-corrected chi connectivity index (χ4v) is 1.82. The zero-order valence-electron chi connectivity index (χ0n) is 9.60. The Morgan fingerprint density at radius 1 is 1.26 bits per heavy atom. The second-order valence-corrected chi connectivity index (χ2v) is 5.63. The molecule has 0 unspecified atom stereocenters. The molecule has 19 heavy (non-hydrogen) atoms. The first-order chi connectivity index (χ1) is 8.94. The molecule has 0 aliphatic heterocycles. The summed E-state index contributed by atoms with van der Waals surface area (Å²) in [5.41, 5.74) is 0.665. The molecule has 9 heteroatoms. The van der Waals surface area contributed by atoms with Crippen LogP contribution in [0.1, 0.15) is 0 Å². The summed E-state index contributed by atoms with van der Waals surface area (Å²) in [4.78, 5) is 8.05. The van der Waals surface area contributed by atoms with Crippen LogP contribution < -0.4 is 4.68 Å². The van der Waals surface area contributed by atoms with E-state index < -0.39 is 15.9 Å². The number of aromatic nitrogens is 4. The van der Waals surface area contributed by atoms with Gasteiger partial charge in [0.15, 0.2) is 18.6 Å². The van der Waals surface area contributed by atoms with Crippen molar-refractivity contribution in [3.8, 4) is 11.4 Å². The minimum atomic E-state index is -4.24. The highest BCUT2D eigenvalue weighted by Crippen LogP contribution is 2.12. The monoisotopic (exact) mass is 300 g/mol. The Hall–Kier alpha value is -1.64. The van der Waals surface area contributed by atoms with Crippen LogP contribution in [0, 0.1) is 0 Å². The van der Waals surface area contributed by atoms with Crippen molar-refractivity contribution in [2.45, 2.75) is 6.54 Å². The normalized spacial score (nSPS) is 11.5. The third-order valence-electron chi connectivity index (χ3n) is 2.22. The lowest BCUT2D eigenvalue weighted by atomic mass is 10.3. The number of rotatable bonds is 4. The van der Waals surface area contributed by atoms with Gasteiger partial charge in [-0.25, -0.2) is 18.4 Å². The zero-order valence-corrected chi connectivity index (χ0v) is 11.2. The molecule has 2 aromatic heterocycles. The van der Waals surface area contributed by atoms with Gasteiger partial charge in [0.05, 0.1) is 10.8 Å². The van der Waals surface area contributed by atoms with E-state index in [0.717, 1.165) is 0 Å². The van der Waals surface area contributed by atoms with E-state index in [-0.39, 0.29) is 6.54 Å². The summed E-state index contributed by atoms with van der Waals surface area (Å²) in [5.74, 6) is -0.0398. The van der Waals surface area contributed by atoms with Crippen molar-refractivity contribution in [2.75, 3.05) is 5.75 Å². The van der Waals surface area contributed by atoms with E-state index in [2.05, 4.69) is 15.1 Å². The van der Waals surface area contributed by atoms with E-state index in [1.165, 1.54) is 23.3 Å². The number of hydrogen-bond donors (Lipinski definition) is 0. The molecule has 2 aromatic rings. The average molecular weight is 301 g/mol. The number of hydrogen-bond acceptors (Lipinski definition) is 6. The number of nitrogens with zero attached hydrogens (tertiary/aromatic N) is 4. The van der Waals surface area contributed by atoms with Gasteiger partial charge in [0.25, 0.3) is 0 Å². The van der Waals surface area contributed by atoms with E-state index in [1.807, 2.05) is 0 Å². The summed E-state index contributed by atoms with van der Waals surface area (Å²) >= 11 is 5.68. The SMILES string of the molecule is O=S(=O)([O-])CC[n+]1ccc(-c2ncc(Cl)cn2)cn1. The van der Waals surface area contributed by atoms with Gasteiger partial charge in [-0.3, -0.25) is 0 Å². The Morgan fingerprint density at radius 2 is 1.95 bits per heavy atom. The molecule has 0 bridgehead atoms. The van der Waals surface area contributed by atoms with Gasteiger partial charge in [-0.05, 0) is 5.10 Å².